The van der Waals surface area contributed by atoms with Crippen molar-refractivity contribution < 1.29 is 55.1 Å². The van der Waals surface area contributed by atoms with Gasteiger partial charge >= 0.3 is 24.1 Å². The molecule has 33 heavy (non-hydrogen) atoms. The van der Waals surface area contributed by atoms with Crippen LogP contribution in [0.25, 0.3) is 0 Å². The Bertz CT molecular complexity index is 1140. The van der Waals surface area contributed by atoms with Crippen molar-refractivity contribution in [1.29, 1.82) is 0 Å². The van der Waals surface area contributed by atoms with Gasteiger partial charge in [0.2, 0.25) is 6.10 Å². The summed E-state index contributed by atoms with van der Waals surface area (Å²) in [6.07, 6.45) is -8.05. The second-order valence-electron chi connectivity index (χ2n) is 6.05. The lowest BCUT2D eigenvalue weighted by Crippen LogP contribution is -2.39. The molecule has 9 nitrogen and oxygen atoms in total. The van der Waals surface area contributed by atoms with Crippen LogP contribution in [0.15, 0.2) is 0 Å². The number of carbonyl (C=O) groups is 3. The molecule has 0 fully saturated rings. The van der Waals surface area contributed by atoms with Gasteiger partial charge in [-0.1, -0.05) is 29.1 Å². The Morgan fingerprint density at radius 2 is 1.58 bits per heavy atom. The van der Waals surface area contributed by atoms with Gasteiger partial charge in [-0.15, -0.1) is 0 Å². The van der Waals surface area contributed by atoms with Crippen LogP contribution in [0, 0.1) is 12.0 Å². The third-order valence-electron chi connectivity index (χ3n) is 3.90. The third kappa shape index (κ3) is 7.33. The molecule has 1 rings (SSSR count). The van der Waals surface area contributed by atoms with Gasteiger partial charge in [0.15, 0.2) is 0 Å². The highest BCUT2D eigenvalue weighted by Crippen LogP contribution is 2.24. The second kappa shape index (κ2) is 10.8. The molecule has 8 radical (unpaired) electrons. The summed E-state index contributed by atoms with van der Waals surface area (Å²) in [5, 5.41) is 9.41. The van der Waals surface area contributed by atoms with Crippen molar-refractivity contribution in [3.63, 3.8) is 0 Å². The molecule has 0 heterocycles. The highest BCUT2D eigenvalue weighted by atomic mass is 32.2. The number of alkyl halides is 3. The number of carbonyl (C=O) groups excluding carboxylic acids is 2. The van der Waals surface area contributed by atoms with Gasteiger partial charge in [-0.2, -0.15) is 21.6 Å². The molecule has 0 aliphatic carbocycles. The number of hydrogen-bond acceptors (Lipinski definition) is 7. The van der Waals surface area contributed by atoms with E-state index in [-0.39, 0.29) is 22.9 Å². The lowest BCUT2D eigenvalue weighted by atomic mass is 9.68. The SMILES string of the molecule is [B]Cc1c([B])c(C[B])c(C(=O)OC#CC(=O)OC(CS(=O)(=O)O)C(F)(F)F)c(C(=O)O)c1[B]. The van der Waals surface area contributed by atoms with Crippen molar-refractivity contribution in [3.05, 3.63) is 22.3 Å². The van der Waals surface area contributed by atoms with E-state index in [1.54, 1.807) is 0 Å². The summed E-state index contributed by atoms with van der Waals surface area (Å²) in [6, 6.07) is 0. The number of esters is 2. The molecule has 1 aromatic rings. The standard InChI is InChI=1S/C16H9B4F3O9S/c17-3-6-10(11(14(25)26)13(20)7(4-18)12(6)19)15(27)31-2-1-9(24)32-8(16(21,22)23)5-33(28,29)30/h8H,3-5H2,(H,25,26)(H,28,29,30). The maximum absolute atomic E-state index is 12.7. The third-order valence-corrected chi connectivity index (χ3v) is 4.62. The number of benzene rings is 1. The fraction of sp³-hybridized carbons (Fsp3) is 0.312. The van der Waals surface area contributed by atoms with Gasteiger partial charge in [0.05, 0.1) is 32.7 Å². The van der Waals surface area contributed by atoms with Gasteiger partial charge in [0.25, 0.3) is 10.1 Å². The van der Waals surface area contributed by atoms with Crippen molar-refractivity contribution >= 4 is 70.3 Å². The van der Waals surface area contributed by atoms with Gasteiger partial charge in [-0.05, 0) is 5.56 Å². The summed E-state index contributed by atoms with van der Waals surface area (Å²) in [5.41, 5.74) is -2.46. The molecule has 0 aliphatic heterocycles. The molecule has 0 saturated carbocycles. The zero-order valence-electron chi connectivity index (χ0n) is 16.3. The Balaban J connectivity index is 3.25. The first kappa shape index (κ1) is 28.2. The van der Waals surface area contributed by atoms with Gasteiger partial charge < -0.3 is 14.6 Å². The summed E-state index contributed by atoms with van der Waals surface area (Å²) in [6.45, 7) is 0. The first-order valence-electron chi connectivity index (χ1n) is 8.35. The van der Waals surface area contributed by atoms with E-state index in [2.05, 4.69) is 9.47 Å². The Hall–Kier alpha value is -2.85. The molecule has 0 aromatic heterocycles. The number of carboxylic acids is 1. The van der Waals surface area contributed by atoms with Crippen molar-refractivity contribution in [2.75, 3.05) is 5.75 Å². The van der Waals surface area contributed by atoms with E-state index in [1.807, 2.05) is 0 Å². The Kier molecular flexibility index (Phi) is 9.26. The lowest BCUT2D eigenvalue weighted by Gasteiger charge is -2.20. The summed E-state index contributed by atoms with van der Waals surface area (Å²) in [5.74, 6) is -5.89. The summed E-state index contributed by atoms with van der Waals surface area (Å²) >= 11 is 0. The Labute approximate surface area is 190 Å². The van der Waals surface area contributed by atoms with Crippen molar-refractivity contribution in [2.45, 2.75) is 24.9 Å². The molecule has 0 bridgehead atoms. The normalized spacial score (nSPS) is 12.2. The minimum atomic E-state index is -5.38. The Morgan fingerprint density at radius 1 is 1.03 bits per heavy atom. The minimum absolute atomic E-state index is 0.0175. The number of hydrogen-bond donors (Lipinski definition) is 2. The van der Waals surface area contributed by atoms with E-state index in [0.717, 1.165) is 0 Å². The molecule has 0 saturated heterocycles. The van der Waals surface area contributed by atoms with Crippen LogP contribution in [0.2, 0.25) is 0 Å². The van der Waals surface area contributed by atoms with Gasteiger partial charge in [0.1, 0.15) is 27.6 Å². The van der Waals surface area contributed by atoms with Gasteiger partial charge in [-0.25, -0.2) is 14.4 Å². The van der Waals surface area contributed by atoms with Crippen LogP contribution in [0.1, 0.15) is 31.8 Å². The van der Waals surface area contributed by atoms with E-state index in [9.17, 15) is 41.1 Å². The van der Waals surface area contributed by atoms with E-state index in [1.165, 1.54) is 12.0 Å². The smallest absolute Gasteiger partial charge is 0.426 e. The molecule has 1 aromatic carbocycles. The van der Waals surface area contributed by atoms with Crippen LogP contribution < -0.4 is 10.9 Å². The molecule has 17 heteroatoms. The zero-order valence-corrected chi connectivity index (χ0v) is 17.1. The van der Waals surface area contributed by atoms with E-state index < -0.39 is 69.0 Å². The van der Waals surface area contributed by atoms with Crippen molar-refractivity contribution in [3.8, 4) is 12.0 Å². The fourth-order valence-corrected chi connectivity index (χ4v) is 3.13. The molecule has 2 N–H and O–H groups in total. The number of rotatable bonds is 7. The highest BCUT2D eigenvalue weighted by Gasteiger charge is 2.45. The molecular formula is C16H9B4F3O9S. The van der Waals surface area contributed by atoms with Gasteiger partial charge in [-0.3, -0.25) is 4.55 Å². The summed E-state index contributed by atoms with van der Waals surface area (Å²) < 4.78 is 76.2. The average Bonchev–Trinajstić information content (AvgIpc) is 2.65. The zero-order chi connectivity index (χ0) is 25.7. The monoisotopic (exact) mass is 478 g/mol. The molecule has 0 aliphatic rings. The number of aromatic carboxylic acids is 1. The topological polar surface area (TPSA) is 144 Å². The minimum Gasteiger partial charge on any atom is -0.478 e. The van der Waals surface area contributed by atoms with Crippen LogP contribution >= 0.6 is 0 Å². The number of halogens is 3. The van der Waals surface area contributed by atoms with E-state index in [0.29, 0.717) is 0 Å². The Morgan fingerprint density at radius 3 is 2.00 bits per heavy atom. The molecule has 166 valence electrons. The maximum atomic E-state index is 12.7. The van der Waals surface area contributed by atoms with Crippen LogP contribution in [0.3, 0.4) is 0 Å². The van der Waals surface area contributed by atoms with Crippen LogP contribution in [-0.4, -0.2) is 85.4 Å². The molecule has 1 atom stereocenters. The highest BCUT2D eigenvalue weighted by molar-refractivity contribution is 7.85. The van der Waals surface area contributed by atoms with E-state index in [4.69, 9.17) is 35.9 Å². The van der Waals surface area contributed by atoms with Crippen LogP contribution in [0.5, 0.6) is 0 Å². The fourth-order valence-electron chi connectivity index (χ4n) is 2.49. The number of ether oxygens (including phenoxy) is 2. The van der Waals surface area contributed by atoms with Gasteiger partial charge in [0, 0.05) is 0 Å². The summed E-state index contributed by atoms with van der Waals surface area (Å²) in [4.78, 5) is 35.4. The molecule has 1 unspecified atom stereocenters. The van der Waals surface area contributed by atoms with Crippen molar-refractivity contribution in [2.24, 2.45) is 0 Å². The first-order valence-corrected chi connectivity index (χ1v) is 9.96. The summed E-state index contributed by atoms with van der Waals surface area (Å²) in [7, 11) is 17.3. The predicted molar refractivity (Wildman–Crippen MR) is 109 cm³/mol. The van der Waals surface area contributed by atoms with Crippen molar-refractivity contribution in [1.82, 2.24) is 0 Å². The maximum Gasteiger partial charge on any atom is 0.426 e. The van der Waals surface area contributed by atoms with E-state index >= 15 is 0 Å². The molecule has 0 amide bonds. The van der Waals surface area contributed by atoms with Crippen LogP contribution in [-0.2, 0) is 37.0 Å². The number of carboxylic acid groups (broad SMARTS) is 1. The molecule has 0 spiro atoms. The predicted octanol–water partition coefficient (Wildman–Crippen LogP) is -2.21. The largest absolute Gasteiger partial charge is 0.478 e. The lowest BCUT2D eigenvalue weighted by molar-refractivity contribution is -0.211. The second-order valence-corrected chi connectivity index (χ2v) is 7.55. The first-order chi connectivity index (χ1) is 15.0. The molecular weight excluding hydrogens is 468 g/mol. The van der Waals surface area contributed by atoms with Crippen LogP contribution in [0.4, 0.5) is 13.2 Å². The quantitative estimate of drug-likeness (QED) is 0.193. The average molecular weight is 478 g/mol.